The molecule has 0 aromatic heterocycles. The van der Waals surface area contributed by atoms with Gasteiger partial charge in [-0.3, -0.25) is 4.79 Å². The molecule has 1 rings (SSSR count). The third kappa shape index (κ3) is 28.2. The van der Waals surface area contributed by atoms with Crippen molar-refractivity contribution >= 4 is 5.91 Å². The largest absolute Gasteiger partial charge is 0.394 e. The van der Waals surface area contributed by atoms with E-state index in [-0.39, 0.29) is 12.5 Å². The predicted octanol–water partition coefficient (Wildman–Crippen LogP) is 9.89. The van der Waals surface area contributed by atoms with Gasteiger partial charge in [-0.2, -0.15) is 0 Å². The molecule has 0 bridgehead atoms. The number of rotatable bonds is 39. The summed E-state index contributed by atoms with van der Waals surface area (Å²) in [4.78, 5) is 12.9. The van der Waals surface area contributed by atoms with E-state index in [2.05, 4.69) is 31.3 Å². The van der Waals surface area contributed by atoms with Crippen molar-refractivity contribution in [1.29, 1.82) is 0 Å². The lowest BCUT2D eigenvalue weighted by atomic mass is 9.99. The van der Waals surface area contributed by atoms with Crippen LogP contribution in [0.15, 0.2) is 24.3 Å². The summed E-state index contributed by atoms with van der Waals surface area (Å²) in [6, 6.07) is -0.816. The van der Waals surface area contributed by atoms with Crippen LogP contribution in [-0.4, -0.2) is 87.5 Å². The Kier molecular flexibility index (Phi) is 35.7. The van der Waals surface area contributed by atoms with E-state index in [4.69, 9.17) is 9.47 Å². The zero-order valence-electron chi connectivity index (χ0n) is 36.1. The van der Waals surface area contributed by atoms with Crippen molar-refractivity contribution in [2.45, 2.75) is 256 Å². The first-order valence-corrected chi connectivity index (χ1v) is 23.6. The van der Waals surface area contributed by atoms with E-state index in [9.17, 15) is 30.3 Å². The zero-order chi connectivity index (χ0) is 40.9. The molecule has 0 radical (unpaired) electrons. The second-order valence-corrected chi connectivity index (χ2v) is 16.5. The Balaban J connectivity index is 2.32. The molecule has 0 saturated carbocycles. The molecule has 330 valence electrons. The fourth-order valence-electron chi connectivity index (χ4n) is 7.47. The Bertz CT molecular complexity index is 930. The van der Waals surface area contributed by atoms with Gasteiger partial charge in [-0.25, -0.2) is 0 Å². The number of nitrogens with one attached hydrogen (secondary N) is 1. The van der Waals surface area contributed by atoms with Crippen LogP contribution in [0, 0.1) is 0 Å². The molecule has 1 heterocycles. The first-order valence-electron chi connectivity index (χ1n) is 23.6. The van der Waals surface area contributed by atoms with Gasteiger partial charge in [0.05, 0.1) is 25.4 Å². The van der Waals surface area contributed by atoms with Crippen LogP contribution in [0.25, 0.3) is 0 Å². The third-order valence-corrected chi connectivity index (χ3v) is 11.3. The average Bonchev–Trinajstić information content (AvgIpc) is 3.20. The fourth-order valence-corrected chi connectivity index (χ4v) is 7.47. The van der Waals surface area contributed by atoms with E-state index < -0.39 is 49.5 Å². The molecule has 7 atom stereocenters. The summed E-state index contributed by atoms with van der Waals surface area (Å²) in [5, 5.41) is 54.1. The van der Waals surface area contributed by atoms with Gasteiger partial charge in [0.15, 0.2) is 6.29 Å². The van der Waals surface area contributed by atoms with E-state index in [1.165, 1.54) is 154 Å². The minimum Gasteiger partial charge on any atom is -0.394 e. The smallest absolute Gasteiger partial charge is 0.220 e. The standard InChI is InChI=1S/C47H89NO8/c1-3-5-7-9-11-13-15-17-18-19-20-21-22-23-25-27-29-31-33-35-37-43(51)48-40(39-55-47-46(54)45(53)44(52)42(38-49)56-47)41(50)36-34-32-30-28-26-24-16-14-12-10-8-6-4-2/h26,28,34,36,40-42,44-47,49-50,52-54H,3-25,27,29-33,35,37-39H2,1-2H3,(H,48,51)/b28-26+,36-34+. The quantitative estimate of drug-likeness (QED) is 0.0266. The lowest BCUT2D eigenvalue weighted by Crippen LogP contribution is -2.60. The Morgan fingerprint density at radius 2 is 1.02 bits per heavy atom. The summed E-state index contributed by atoms with van der Waals surface area (Å²) in [6.07, 6.45) is 38.0. The van der Waals surface area contributed by atoms with Gasteiger partial charge in [-0.15, -0.1) is 0 Å². The Morgan fingerprint density at radius 1 is 0.589 bits per heavy atom. The maximum atomic E-state index is 12.9. The number of hydrogen-bond acceptors (Lipinski definition) is 8. The molecular formula is C47H89NO8. The minimum absolute atomic E-state index is 0.185. The molecule has 1 saturated heterocycles. The average molecular weight is 796 g/mol. The van der Waals surface area contributed by atoms with Crippen molar-refractivity contribution in [3.8, 4) is 0 Å². The number of hydrogen-bond donors (Lipinski definition) is 6. The summed E-state index contributed by atoms with van der Waals surface area (Å²) in [5.74, 6) is -0.185. The molecular weight excluding hydrogens is 707 g/mol. The van der Waals surface area contributed by atoms with Crippen molar-refractivity contribution in [3.63, 3.8) is 0 Å². The number of ether oxygens (including phenoxy) is 2. The molecule has 1 aliphatic heterocycles. The first-order chi connectivity index (χ1) is 27.3. The molecule has 6 N–H and O–H groups in total. The molecule has 0 spiro atoms. The second-order valence-electron chi connectivity index (χ2n) is 16.5. The molecule has 1 aliphatic rings. The molecule has 0 aromatic carbocycles. The summed E-state index contributed by atoms with van der Waals surface area (Å²) in [6.45, 7) is 3.75. The molecule has 1 fully saturated rings. The van der Waals surface area contributed by atoms with Crippen LogP contribution < -0.4 is 5.32 Å². The highest BCUT2D eigenvalue weighted by Gasteiger charge is 2.44. The van der Waals surface area contributed by atoms with Crippen LogP contribution in [0.5, 0.6) is 0 Å². The Hall–Kier alpha value is -1.33. The lowest BCUT2D eigenvalue weighted by Gasteiger charge is -2.40. The molecule has 9 nitrogen and oxygen atoms in total. The van der Waals surface area contributed by atoms with E-state index in [0.29, 0.717) is 6.42 Å². The lowest BCUT2D eigenvalue weighted by molar-refractivity contribution is -0.302. The predicted molar refractivity (Wildman–Crippen MR) is 230 cm³/mol. The van der Waals surface area contributed by atoms with Gasteiger partial charge in [0, 0.05) is 6.42 Å². The molecule has 0 aliphatic carbocycles. The Labute approximate surface area is 343 Å². The number of carbonyl (C=O) groups is 1. The molecule has 1 amide bonds. The van der Waals surface area contributed by atoms with Gasteiger partial charge >= 0.3 is 0 Å². The monoisotopic (exact) mass is 796 g/mol. The summed E-state index contributed by atoms with van der Waals surface area (Å²) in [5.41, 5.74) is 0. The van der Waals surface area contributed by atoms with E-state index in [1.54, 1.807) is 6.08 Å². The Morgan fingerprint density at radius 3 is 1.50 bits per heavy atom. The van der Waals surface area contributed by atoms with Gasteiger partial charge in [0.25, 0.3) is 0 Å². The van der Waals surface area contributed by atoms with Gasteiger partial charge in [0.2, 0.25) is 5.91 Å². The number of aliphatic hydroxyl groups excluding tert-OH is 5. The number of aliphatic hydroxyl groups is 5. The van der Waals surface area contributed by atoms with Gasteiger partial charge in [0.1, 0.15) is 24.4 Å². The fraction of sp³-hybridized carbons (Fsp3) is 0.894. The molecule has 0 aromatic rings. The van der Waals surface area contributed by atoms with Crippen molar-refractivity contribution in [1.82, 2.24) is 5.32 Å². The molecule has 7 unspecified atom stereocenters. The highest BCUT2D eigenvalue weighted by molar-refractivity contribution is 5.76. The van der Waals surface area contributed by atoms with Gasteiger partial charge < -0.3 is 40.3 Å². The van der Waals surface area contributed by atoms with E-state index in [1.807, 2.05) is 6.08 Å². The van der Waals surface area contributed by atoms with Crippen molar-refractivity contribution in [2.24, 2.45) is 0 Å². The van der Waals surface area contributed by atoms with E-state index >= 15 is 0 Å². The van der Waals surface area contributed by atoms with Crippen LogP contribution in [-0.2, 0) is 14.3 Å². The third-order valence-electron chi connectivity index (χ3n) is 11.3. The first kappa shape index (κ1) is 52.7. The van der Waals surface area contributed by atoms with Crippen molar-refractivity contribution in [2.75, 3.05) is 13.2 Å². The highest BCUT2D eigenvalue weighted by atomic mass is 16.7. The maximum Gasteiger partial charge on any atom is 0.220 e. The number of unbranched alkanes of at least 4 members (excludes halogenated alkanes) is 27. The van der Waals surface area contributed by atoms with Gasteiger partial charge in [-0.1, -0.05) is 199 Å². The molecule has 9 heteroatoms. The maximum absolute atomic E-state index is 12.9. The number of allylic oxidation sites excluding steroid dienone is 3. The van der Waals surface area contributed by atoms with Gasteiger partial charge in [-0.05, 0) is 32.1 Å². The van der Waals surface area contributed by atoms with Crippen LogP contribution in [0.1, 0.15) is 213 Å². The van der Waals surface area contributed by atoms with E-state index in [0.717, 1.165) is 38.5 Å². The van der Waals surface area contributed by atoms with Crippen molar-refractivity contribution < 1.29 is 39.8 Å². The van der Waals surface area contributed by atoms with Crippen LogP contribution in [0.3, 0.4) is 0 Å². The summed E-state index contributed by atoms with van der Waals surface area (Å²) < 4.78 is 11.2. The summed E-state index contributed by atoms with van der Waals surface area (Å²) in [7, 11) is 0. The van der Waals surface area contributed by atoms with Crippen molar-refractivity contribution in [3.05, 3.63) is 24.3 Å². The normalized spacial score (nSPS) is 21.3. The van der Waals surface area contributed by atoms with Crippen LogP contribution in [0.4, 0.5) is 0 Å². The molecule has 56 heavy (non-hydrogen) atoms. The highest BCUT2D eigenvalue weighted by Crippen LogP contribution is 2.23. The number of carbonyl (C=O) groups excluding carboxylic acids is 1. The van der Waals surface area contributed by atoms with Crippen LogP contribution in [0.2, 0.25) is 0 Å². The second kappa shape index (κ2) is 37.9. The topological polar surface area (TPSA) is 149 Å². The zero-order valence-corrected chi connectivity index (χ0v) is 36.1. The SMILES string of the molecule is CCCCCCCCC/C=C/CC/C=C/C(O)C(COC1OC(CO)C(O)C(O)C1O)NC(=O)CCCCCCCCCCCCCCCCCCCCCC. The minimum atomic E-state index is -1.57. The number of amides is 1. The summed E-state index contributed by atoms with van der Waals surface area (Å²) >= 11 is 0. The van der Waals surface area contributed by atoms with Crippen LogP contribution >= 0.6 is 0 Å².